The number of nitrogens with one attached hydrogen (secondary N) is 2. The summed E-state index contributed by atoms with van der Waals surface area (Å²) in [4.78, 5) is 16.5. The summed E-state index contributed by atoms with van der Waals surface area (Å²) in [5.74, 6) is 0.794. The zero-order valence-electron chi connectivity index (χ0n) is 11.2. The van der Waals surface area contributed by atoms with Crippen LogP contribution in [0.2, 0.25) is 0 Å². The van der Waals surface area contributed by atoms with E-state index in [1.54, 1.807) is 0 Å². The van der Waals surface area contributed by atoms with Gasteiger partial charge in [0.1, 0.15) is 5.82 Å². The Morgan fingerprint density at radius 3 is 3.15 bits per heavy atom. The Morgan fingerprint density at radius 1 is 1.50 bits per heavy atom. The summed E-state index contributed by atoms with van der Waals surface area (Å²) < 4.78 is 5.59. The quantitative estimate of drug-likeness (QED) is 0.889. The lowest BCUT2D eigenvalue weighted by Gasteiger charge is -2.24. The number of amides is 1. The third kappa shape index (κ3) is 2.42. The molecule has 2 aromatic rings. The molecule has 0 spiro atoms. The number of anilines is 1. The average molecular weight is 272 g/mol. The van der Waals surface area contributed by atoms with Gasteiger partial charge in [-0.3, -0.25) is 15.2 Å². The van der Waals surface area contributed by atoms with Gasteiger partial charge in [-0.05, 0) is 17.5 Å². The number of aromatic nitrogens is 3. The molecule has 20 heavy (non-hydrogen) atoms. The molecule has 0 unspecified atom stereocenters. The number of hydrogen-bond acceptors (Lipinski definition) is 4. The molecule has 3 rings (SSSR count). The van der Waals surface area contributed by atoms with Gasteiger partial charge in [0.05, 0.1) is 6.61 Å². The van der Waals surface area contributed by atoms with E-state index >= 15 is 0 Å². The Labute approximate surface area is 116 Å². The second-order valence-electron chi connectivity index (χ2n) is 4.65. The molecule has 6 nitrogen and oxygen atoms in total. The summed E-state index contributed by atoms with van der Waals surface area (Å²) in [6.07, 6.45) is 0.982. The van der Waals surface area contributed by atoms with Crippen molar-refractivity contribution in [3.8, 4) is 0 Å². The van der Waals surface area contributed by atoms with Crippen molar-refractivity contribution in [2.75, 3.05) is 11.9 Å². The van der Waals surface area contributed by atoms with Crippen molar-refractivity contribution in [1.29, 1.82) is 0 Å². The van der Waals surface area contributed by atoms with Gasteiger partial charge in [0.2, 0.25) is 5.95 Å². The average Bonchev–Trinajstić information content (AvgIpc) is 2.94. The summed E-state index contributed by atoms with van der Waals surface area (Å²) >= 11 is 0. The van der Waals surface area contributed by atoms with Gasteiger partial charge in [-0.15, -0.1) is 5.10 Å². The van der Waals surface area contributed by atoms with Crippen LogP contribution in [0, 0.1) is 0 Å². The Hall–Kier alpha value is -2.21. The Kier molecular flexibility index (Phi) is 3.47. The van der Waals surface area contributed by atoms with Crippen molar-refractivity contribution in [3.05, 3.63) is 41.2 Å². The number of H-pyrrole nitrogens is 1. The maximum Gasteiger partial charge on any atom is 0.260 e. The number of nitrogens with zero attached hydrogens (tertiary/aromatic N) is 2. The molecular formula is C14H16N4O2. The first-order valence-electron chi connectivity index (χ1n) is 6.69. The van der Waals surface area contributed by atoms with Crippen molar-refractivity contribution in [2.45, 2.75) is 25.9 Å². The fourth-order valence-electron chi connectivity index (χ4n) is 2.30. The van der Waals surface area contributed by atoms with Gasteiger partial charge < -0.3 is 4.74 Å². The van der Waals surface area contributed by atoms with E-state index in [4.69, 9.17) is 4.74 Å². The molecule has 104 valence electrons. The summed E-state index contributed by atoms with van der Waals surface area (Å²) in [5.41, 5.74) is 2.07. The normalized spacial score (nSPS) is 17.6. The molecule has 6 heteroatoms. The van der Waals surface area contributed by atoms with Gasteiger partial charge in [-0.25, -0.2) is 0 Å². The van der Waals surface area contributed by atoms with E-state index in [-0.39, 0.29) is 5.91 Å². The van der Waals surface area contributed by atoms with Gasteiger partial charge in [0, 0.05) is 6.42 Å². The highest BCUT2D eigenvalue weighted by atomic mass is 16.5. The molecule has 0 aliphatic carbocycles. The van der Waals surface area contributed by atoms with Gasteiger partial charge in [-0.1, -0.05) is 31.2 Å². The standard InChI is InChI=1S/C14H16N4O2/c1-2-11-15-14(18-17-11)16-13(19)12-10-6-4-3-5-9(10)7-8-20-12/h3-6,12H,2,7-8H2,1H3,(H2,15,16,17,18,19)/t12-/m0/s1. The predicted molar refractivity (Wildman–Crippen MR) is 73.2 cm³/mol. The van der Waals surface area contributed by atoms with Crippen molar-refractivity contribution in [3.63, 3.8) is 0 Å². The first-order valence-corrected chi connectivity index (χ1v) is 6.69. The Balaban J connectivity index is 1.78. The fourth-order valence-corrected chi connectivity index (χ4v) is 2.30. The Bertz CT molecular complexity index is 623. The molecule has 0 saturated carbocycles. The van der Waals surface area contributed by atoms with Gasteiger partial charge in [0.15, 0.2) is 6.10 Å². The third-order valence-electron chi connectivity index (χ3n) is 3.33. The van der Waals surface area contributed by atoms with E-state index in [0.29, 0.717) is 12.6 Å². The number of fused-ring (bicyclic) bond motifs is 1. The molecule has 1 atom stereocenters. The highest BCUT2D eigenvalue weighted by Gasteiger charge is 2.27. The van der Waals surface area contributed by atoms with Crippen LogP contribution in [0.1, 0.15) is 30.0 Å². The lowest BCUT2D eigenvalue weighted by atomic mass is 9.97. The second kappa shape index (κ2) is 5.42. The predicted octanol–water partition coefficient (Wildman–Crippen LogP) is 1.62. The van der Waals surface area contributed by atoms with Gasteiger partial charge in [0.25, 0.3) is 5.91 Å². The molecule has 0 radical (unpaired) electrons. The minimum absolute atomic E-state index is 0.237. The Morgan fingerprint density at radius 2 is 2.35 bits per heavy atom. The molecule has 1 amide bonds. The zero-order chi connectivity index (χ0) is 13.9. The van der Waals surface area contributed by atoms with Crippen LogP contribution in [0.4, 0.5) is 5.95 Å². The van der Waals surface area contributed by atoms with Crippen molar-refractivity contribution >= 4 is 11.9 Å². The molecule has 0 bridgehead atoms. The number of benzene rings is 1. The number of rotatable bonds is 3. The van der Waals surface area contributed by atoms with E-state index in [2.05, 4.69) is 20.5 Å². The fraction of sp³-hybridized carbons (Fsp3) is 0.357. The summed E-state index contributed by atoms with van der Waals surface area (Å²) in [5, 5.41) is 9.41. The maximum atomic E-state index is 12.3. The maximum absolute atomic E-state index is 12.3. The molecule has 1 aliphatic rings. The SMILES string of the molecule is CCc1nc(NC(=O)[C@H]2OCCc3ccccc32)n[nH]1. The lowest BCUT2D eigenvalue weighted by molar-refractivity contribution is -0.128. The molecule has 0 saturated heterocycles. The van der Waals surface area contributed by atoms with Crippen LogP contribution in [0.5, 0.6) is 0 Å². The number of ether oxygens (including phenoxy) is 1. The van der Waals surface area contributed by atoms with Crippen LogP contribution < -0.4 is 5.32 Å². The van der Waals surface area contributed by atoms with Crippen LogP contribution in [0.25, 0.3) is 0 Å². The van der Waals surface area contributed by atoms with Crippen LogP contribution in [-0.2, 0) is 22.4 Å². The van der Waals surface area contributed by atoms with Crippen LogP contribution in [0.3, 0.4) is 0 Å². The van der Waals surface area contributed by atoms with Crippen molar-refractivity contribution in [1.82, 2.24) is 15.2 Å². The van der Waals surface area contributed by atoms with Crippen molar-refractivity contribution < 1.29 is 9.53 Å². The smallest absolute Gasteiger partial charge is 0.260 e. The minimum Gasteiger partial charge on any atom is -0.363 e. The molecular weight excluding hydrogens is 256 g/mol. The van der Waals surface area contributed by atoms with Gasteiger partial charge in [-0.2, -0.15) is 4.98 Å². The largest absolute Gasteiger partial charge is 0.363 e. The number of aryl methyl sites for hydroxylation is 1. The van der Waals surface area contributed by atoms with Crippen molar-refractivity contribution in [2.24, 2.45) is 0 Å². The van der Waals surface area contributed by atoms with E-state index in [1.165, 1.54) is 0 Å². The number of carbonyl (C=O) groups is 1. The summed E-state index contributed by atoms with van der Waals surface area (Å²) in [6.45, 7) is 2.51. The summed E-state index contributed by atoms with van der Waals surface area (Å²) in [6, 6.07) is 7.84. The summed E-state index contributed by atoms with van der Waals surface area (Å²) in [7, 11) is 0. The van der Waals surface area contributed by atoms with E-state index < -0.39 is 6.10 Å². The molecule has 1 aromatic heterocycles. The molecule has 1 aliphatic heterocycles. The van der Waals surface area contributed by atoms with Crippen LogP contribution in [-0.4, -0.2) is 27.7 Å². The van der Waals surface area contributed by atoms with Gasteiger partial charge >= 0.3 is 0 Å². The monoisotopic (exact) mass is 272 g/mol. The van der Waals surface area contributed by atoms with Crippen LogP contribution >= 0.6 is 0 Å². The van der Waals surface area contributed by atoms with E-state index in [0.717, 1.165) is 29.8 Å². The molecule has 2 N–H and O–H groups in total. The molecule has 2 heterocycles. The number of aromatic amines is 1. The topological polar surface area (TPSA) is 79.9 Å². The first-order chi connectivity index (χ1) is 9.78. The number of carbonyl (C=O) groups excluding carboxylic acids is 1. The minimum atomic E-state index is -0.594. The first kappa shape index (κ1) is 12.8. The third-order valence-corrected chi connectivity index (χ3v) is 3.33. The van der Waals surface area contributed by atoms with Crippen LogP contribution in [0.15, 0.2) is 24.3 Å². The highest BCUT2D eigenvalue weighted by Crippen LogP contribution is 2.27. The molecule has 0 fully saturated rings. The highest BCUT2D eigenvalue weighted by molar-refractivity contribution is 5.93. The molecule has 1 aromatic carbocycles. The van der Waals surface area contributed by atoms with E-state index in [9.17, 15) is 4.79 Å². The number of hydrogen-bond donors (Lipinski definition) is 2. The zero-order valence-corrected chi connectivity index (χ0v) is 11.2. The lowest BCUT2D eigenvalue weighted by Crippen LogP contribution is -2.28. The van der Waals surface area contributed by atoms with E-state index in [1.807, 2.05) is 31.2 Å². The second-order valence-corrected chi connectivity index (χ2v) is 4.65.